The van der Waals surface area contributed by atoms with E-state index < -0.39 is 0 Å². The lowest BCUT2D eigenvalue weighted by molar-refractivity contribution is -0.122. The lowest BCUT2D eigenvalue weighted by atomic mass is 10.1. The maximum atomic E-state index is 11.8. The Labute approximate surface area is 132 Å². The molecule has 0 radical (unpaired) electrons. The largest absolute Gasteiger partial charge is 0.354 e. The average Bonchev–Trinajstić information content (AvgIpc) is 2.87. The first-order valence-electron chi connectivity index (χ1n) is 6.72. The number of halogens is 1. The highest BCUT2D eigenvalue weighted by atomic mass is 35.5. The number of benzene rings is 1. The highest BCUT2D eigenvalue weighted by molar-refractivity contribution is 6.30. The van der Waals surface area contributed by atoms with Gasteiger partial charge in [0, 0.05) is 18.5 Å². The molecule has 0 aliphatic rings. The van der Waals surface area contributed by atoms with Gasteiger partial charge < -0.3 is 10.6 Å². The van der Waals surface area contributed by atoms with Crippen molar-refractivity contribution < 1.29 is 9.59 Å². The second-order valence-corrected chi connectivity index (χ2v) is 5.10. The van der Waals surface area contributed by atoms with Crippen molar-refractivity contribution in [2.45, 2.75) is 19.9 Å². The number of amides is 2. The standard InChI is InChI=1S/C14H16ClN5O2/c1-10(21)18-13-8-17-20(19-13)9-14(22)16-7-6-11-2-4-12(15)5-3-11/h2-5,8H,6-7,9H2,1H3,(H,16,22)(H,18,19,21). The fourth-order valence-electron chi connectivity index (χ4n) is 1.79. The molecule has 1 aromatic carbocycles. The molecular formula is C14H16ClN5O2. The van der Waals surface area contributed by atoms with Gasteiger partial charge in [-0.25, -0.2) is 0 Å². The molecule has 0 saturated carbocycles. The monoisotopic (exact) mass is 321 g/mol. The number of nitrogens with zero attached hydrogens (tertiary/aromatic N) is 3. The lowest BCUT2D eigenvalue weighted by Crippen LogP contribution is -2.30. The number of carbonyl (C=O) groups excluding carboxylic acids is 2. The summed E-state index contributed by atoms with van der Waals surface area (Å²) in [4.78, 5) is 23.9. The maximum Gasteiger partial charge on any atom is 0.243 e. The van der Waals surface area contributed by atoms with Gasteiger partial charge in [0.1, 0.15) is 6.54 Å². The van der Waals surface area contributed by atoms with Crippen LogP contribution in [0.3, 0.4) is 0 Å². The lowest BCUT2D eigenvalue weighted by Gasteiger charge is -2.05. The molecule has 1 aromatic heterocycles. The SMILES string of the molecule is CC(=O)Nc1cnn(CC(=O)NCCc2ccc(Cl)cc2)n1. The van der Waals surface area contributed by atoms with Gasteiger partial charge in [-0.2, -0.15) is 9.90 Å². The Bertz CT molecular complexity index is 654. The van der Waals surface area contributed by atoms with Crippen LogP contribution >= 0.6 is 11.6 Å². The minimum absolute atomic E-state index is 0.000201. The van der Waals surface area contributed by atoms with E-state index in [1.807, 2.05) is 24.3 Å². The van der Waals surface area contributed by atoms with E-state index in [2.05, 4.69) is 20.8 Å². The zero-order chi connectivity index (χ0) is 15.9. The number of rotatable bonds is 6. The first-order valence-corrected chi connectivity index (χ1v) is 7.09. The van der Waals surface area contributed by atoms with Gasteiger partial charge >= 0.3 is 0 Å². The molecule has 2 amide bonds. The molecule has 0 fully saturated rings. The van der Waals surface area contributed by atoms with Crippen LogP contribution < -0.4 is 10.6 Å². The Kier molecular flexibility index (Phi) is 5.48. The second-order valence-electron chi connectivity index (χ2n) is 4.67. The minimum atomic E-state index is -0.237. The van der Waals surface area contributed by atoms with Crippen molar-refractivity contribution in [1.29, 1.82) is 0 Å². The van der Waals surface area contributed by atoms with Crippen LogP contribution in [0, 0.1) is 0 Å². The van der Waals surface area contributed by atoms with Gasteiger partial charge in [0.2, 0.25) is 11.8 Å². The zero-order valence-corrected chi connectivity index (χ0v) is 12.8. The summed E-state index contributed by atoms with van der Waals surface area (Å²) in [7, 11) is 0. The third-order valence-corrected chi connectivity index (χ3v) is 3.03. The van der Waals surface area contributed by atoms with Crippen molar-refractivity contribution in [3.8, 4) is 0 Å². The summed E-state index contributed by atoms with van der Waals surface area (Å²) >= 11 is 5.81. The molecule has 7 nitrogen and oxygen atoms in total. The Balaban J connectivity index is 1.74. The summed E-state index contributed by atoms with van der Waals surface area (Å²) in [5.74, 6) is -0.111. The molecule has 0 aliphatic carbocycles. The Morgan fingerprint density at radius 2 is 2.00 bits per heavy atom. The highest BCUT2D eigenvalue weighted by Crippen LogP contribution is 2.09. The van der Waals surface area contributed by atoms with Crippen LogP contribution in [-0.2, 0) is 22.6 Å². The summed E-state index contributed by atoms with van der Waals surface area (Å²) < 4.78 is 0. The number of anilines is 1. The molecule has 0 aliphatic heterocycles. The third kappa shape index (κ3) is 5.17. The Morgan fingerprint density at radius 3 is 2.68 bits per heavy atom. The number of aromatic nitrogens is 3. The van der Waals surface area contributed by atoms with E-state index >= 15 is 0 Å². The Morgan fingerprint density at radius 1 is 1.27 bits per heavy atom. The van der Waals surface area contributed by atoms with Crippen LogP contribution in [0.25, 0.3) is 0 Å². The minimum Gasteiger partial charge on any atom is -0.354 e. The first-order chi connectivity index (χ1) is 10.5. The smallest absolute Gasteiger partial charge is 0.243 e. The van der Waals surface area contributed by atoms with Crippen molar-refractivity contribution in [2.75, 3.05) is 11.9 Å². The average molecular weight is 322 g/mol. The molecule has 116 valence electrons. The molecule has 2 N–H and O–H groups in total. The van der Waals surface area contributed by atoms with Crippen LogP contribution in [0.15, 0.2) is 30.5 Å². The van der Waals surface area contributed by atoms with Crippen molar-refractivity contribution in [3.63, 3.8) is 0 Å². The molecule has 22 heavy (non-hydrogen) atoms. The van der Waals surface area contributed by atoms with Gasteiger partial charge in [-0.15, -0.1) is 5.10 Å². The van der Waals surface area contributed by atoms with E-state index in [0.29, 0.717) is 23.8 Å². The summed E-state index contributed by atoms with van der Waals surface area (Å²) in [6, 6.07) is 7.47. The summed E-state index contributed by atoms with van der Waals surface area (Å²) in [5.41, 5.74) is 1.09. The van der Waals surface area contributed by atoms with E-state index in [4.69, 9.17) is 11.6 Å². The maximum absolute atomic E-state index is 11.8. The van der Waals surface area contributed by atoms with E-state index in [9.17, 15) is 9.59 Å². The molecular weight excluding hydrogens is 306 g/mol. The molecule has 0 bridgehead atoms. The first kappa shape index (κ1) is 16.0. The van der Waals surface area contributed by atoms with Crippen LogP contribution in [-0.4, -0.2) is 33.4 Å². The number of nitrogens with one attached hydrogen (secondary N) is 2. The molecule has 0 saturated heterocycles. The fourth-order valence-corrected chi connectivity index (χ4v) is 1.92. The molecule has 2 aromatic rings. The zero-order valence-electron chi connectivity index (χ0n) is 12.0. The van der Waals surface area contributed by atoms with Crippen molar-refractivity contribution in [3.05, 3.63) is 41.0 Å². The molecule has 1 heterocycles. The summed E-state index contributed by atoms with van der Waals surface area (Å²) in [6.45, 7) is 1.89. The number of carbonyl (C=O) groups is 2. The predicted octanol–water partition coefficient (Wildman–Crippen LogP) is 1.25. The summed E-state index contributed by atoms with van der Waals surface area (Å²) in [5, 5.41) is 13.8. The number of hydrogen-bond acceptors (Lipinski definition) is 4. The molecule has 0 spiro atoms. The van der Waals surface area contributed by atoms with E-state index in [-0.39, 0.29) is 18.4 Å². The molecule has 2 rings (SSSR count). The normalized spacial score (nSPS) is 10.3. The van der Waals surface area contributed by atoms with Gasteiger partial charge in [0.15, 0.2) is 5.82 Å². The quantitative estimate of drug-likeness (QED) is 0.838. The molecule has 0 atom stereocenters. The molecule has 0 unspecified atom stereocenters. The van der Waals surface area contributed by atoms with Crippen molar-refractivity contribution in [1.82, 2.24) is 20.3 Å². The van der Waals surface area contributed by atoms with Crippen LogP contribution in [0.4, 0.5) is 5.82 Å². The van der Waals surface area contributed by atoms with Gasteiger partial charge in [-0.05, 0) is 24.1 Å². The van der Waals surface area contributed by atoms with Gasteiger partial charge in [-0.3, -0.25) is 9.59 Å². The summed E-state index contributed by atoms with van der Waals surface area (Å²) in [6.07, 6.45) is 2.11. The van der Waals surface area contributed by atoms with E-state index in [1.165, 1.54) is 17.9 Å². The van der Waals surface area contributed by atoms with Crippen molar-refractivity contribution >= 4 is 29.2 Å². The van der Waals surface area contributed by atoms with E-state index in [1.54, 1.807) is 0 Å². The second kappa shape index (κ2) is 7.56. The topological polar surface area (TPSA) is 88.9 Å². The highest BCUT2D eigenvalue weighted by Gasteiger charge is 2.06. The van der Waals surface area contributed by atoms with Crippen LogP contribution in [0.2, 0.25) is 5.02 Å². The van der Waals surface area contributed by atoms with Gasteiger partial charge in [0.25, 0.3) is 0 Å². The van der Waals surface area contributed by atoms with Gasteiger partial charge in [-0.1, -0.05) is 23.7 Å². The predicted molar refractivity (Wildman–Crippen MR) is 82.5 cm³/mol. The van der Waals surface area contributed by atoms with Gasteiger partial charge in [0.05, 0.1) is 6.20 Å². The third-order valence-electron chi connectivity index (χ3n) is 2.77. The number of hydrogen-bond donors (Lipinski definition) is 2. The van der Waals surface area contributed by atoms with E-state index in [0.717, 1.165) is 5.56 Å². The Hall–Kier alpha value is -2.41. The van der Waals surface area contributed by atoms with Crippen LogP contribution in [0.5, 0.6) is 0 Å². The fraction of sp³-hybridized carbons (Fsp3) is 0.286. The molecule has 8 heteroatoms. The van der Waals surface area contributed by atoms with Crippen LogP contribution in [0.1, 0.15) is 12.5 Å². The van der Waals surface area contributed by atoms with Crippen molar-refractivity contribution in [2.24, 2.45) is 0 Å².